The van der Waals surface area contributed by atoms with Gasteiger partial charge in [0.25, 0.3) is 5.91 Å². The fraction of sp³-hybridized carbons (Fsp3) is 0.571. The highest BCUT2D eigenvalue weighted by atomic mass is 79.9. The topological polar surface area (TPSA) is 67.0 Å². The standard InChI is InChI=1S/C14H18BrN3O2/c1-10(2)18-8-11(15)7-12(18)13(19)17-14(9-16)3-5-20-6-4-14/h7-8,10H,3-6H2,1-2H3,(H,17,19). The number of amides is 1. The van der Waals surface area contributed by atoms with Crippen molar-refractivity contribution in [2.24, 2.45) is 0 Å². The number of halogens is 1. The molecule has 5 nitrogen and oxygen atoms in total. The van der Waals surface area contributed by atoms with E-state index in [-0.39, 0.29) is 11.9 Å². The molecule has 1 saturated heterocycles. The second-order valence-electron chi connectivity index (χ2n) is 5.30. The Kier molecular flexibility index (Phi) is 4.51. The highest BCUT2D eigenvalue weighted by molar-refractivity contribution is 9.10. The predicted molar refractivity (Wildman–Crippen MR) is 78.4 cm³/mol. The van der Waals surface area contributed by atoms with E-state index in [1.165, 1.54) is 0 Å². The first-order chi connectivity index (χ1) is 9.47. The average molecular weight is 340 g/mol. The molecular weight excluding hydrogens is 322 g/mol. The average Bonchev–Trinajstić information content (AvgIpc) is 2.82. The maximum atomic E-state index is 12.5. The van der Waals surface area contributed by atoms with Gasteiger partial charge < -0.3 is 14.6 Å². The molecule has 1 aromatic heterocycles. The zero-order valence-corrected chi connectivity index (χ0v) is 13.2. The number of carbonyl (C=O) groups is 1. The molecule has 1 amide bonds. The Bertz CT molecular complexity index is 539. The van der Waals surface area contributed by atoms with Crippen LogP contribution < -0.4 is 5.32 Å². The first-order valence-electron chi connectivity index (χ1n) is 6.66. The van der Waals surface area contributed by atoms with Crippen molar-refractivity contribution >= 4 is 21.8 Å². The van der Waals surface area contributed by atoms with Crippen molar-refractivity contribution in [1.29, 1.82) is 5.26 Å². The Morgan fingerprint density at radius 3 is 2.75 bits per heavy atom. The van der Waals surface area contributed by atoms with Crippen LogP contribution in [0, 0.1) is 11.3 Å². The first kappa shape index (κ1) is 15.1. The quantitative estimate of drug-likeness (QED) is 0.920. The van der Waals surface area contributed by atoms with E-state index in [2.05, 4.69) is 27.3 Å². The minimum Gasteiger partial charge on any atom is -0.381 e. The molecule has 0 bridgehead atoms. The summed E-state index contributed by atoms with van der Waals surface area (Å²) in [7, 11) is 0. The number of nitrogens with zero attached hydrogens (tertiary/aromatic N) is 2. The lowest BCUT2D eigenvalue weighted by atomic mass is 9.91. The van der Waals surface area contributed by atoms with E-state index in [1.807, 2.05) is 24.6 Å². The minimum atomic E-state index is -0.812. The SMILES string of the molecule is CC(C)n1cc(Br)cc1C(=O)NC1(C#N)CCOCC1. The molecule has 0 atom stereocenters. The van der Waals surface area contributed by atoms with E-state index in [4.69, 9.17) is 4.74 Å². The molecule has 1 aliphatic heterocycles. The van der Waals surface area contributed by atoms with E-state index in [0.29, 0.717) is 31.7 Å². The molecule has 1 aromatic rings. The van der Waals surface area contributed by atoms with Gasteiger partial charge >= 0.3 is 0 Å². The van der Waals surface area contributed by atoms with E-state index >= 15 is 0 Å². The summed E-state index contributed by atoms with van der Waals surface area (Å²) in [6.07, 6.45) is 2.93. The van der Waals surface area contributed by atoms with Crippen LogP contribution in [0.2, 0.25) is 0 Å². The molecule has 6 heteroatoms. The van der Waals surface area contributed by atoms with Crippen LogP contribution in [0.4, 0.5) is 0 Å². The molecule has 108 valence electrons. The predicted octanol–water partition coefficient (Wildman–Crippen LogP) is 2.63. The number of hydrogen-bond acceptors (Lipinski definition) is 3. The third-order valence-corrected chi connectivity index (χ3v) is 3.95. The van der Waals surface area contributed by atoms with Gasteiger partial charge in [0.15, 0.2) is 0 Å². The van der Waals surface area contributed by atoms with Gasteiger partial charge in [0, 0.05) is 42.8 Å². The molecule has 0 spiro atoms. The van der Waals surface area contributed by atoms with Crippen molar-refractivity contribution in [1.82, 2.24) is 9.88 Å². The number of nitrogens with one attached hydrogen (secondary N) is 1. The smallest absolute Gasteiger partial charge is 0.269 e. The minimum absolute atomic E-state index is 0.176. The first-order valence-corrected chi connectivity index (χ1v) is 7.45. The lowest BCUT2D eigenvalue weighted by Crippen LogP contribution is -2.51. The summed E-state index contributed by atoms with van der Waals surface area (Å²) < 4.78 is 8.01. The van der Waals surface area contributed by atoms with Crippen LogP contribution in [0.1, 0.15) is 43.2 Å². The molecule has 20 heavy (non-hydrogen) atoms. The Hall–Kier alpha value is -1.32. The van der Waals surface area contributed by atoms with Crippen LogP contribution in [-0.2, 0) is 4.74 Å². The summed E-state index contributed by atoms with van der Waals surface area (Å²) in [6, 6.07) is 4.19. The van der Waals surface area contributed by atoms with Gasteiger partial charge in [-0.3, -0.25) is 4.79 Å². The Balaban J connectivity index is 2.21. The Morgan fingerprint density at radius 2 is 2.20 bits per heavy atom. The maximum absolute atomic E-state index is 12.5. The van der Waals surface area contributed by atoms with Gasteiger partial charge in [-0.25, -0.2) is 0 Å². The normalized spacial score (nSPS) is 17.8. The van der Waals surface area contributed by atoms with E-state index < -0.39 is 5.54 Å². The molecular formula is C14H18BrN3O2. The summed E-state index contributed by atoms with van der Waals surface area (Å²) >= 11 is 3.39. The molecule has 1 N–H and O–H groups in total. The second-order valence-corrected chi connectivity index (χ2v) is 6.22. The Morgan fingerprint density at radius 1 is 1.55 bits per heavy atom. The summed E-state index contributed by atoms with van der Waals surface area (Å²) in [6.45, 7) is 5.03. The fourth-order valence-electron chi connectivity index (χ4n) is 2.32. The number of carbonyl (C=O) groups excluding carboxylic acids is 1. The van der Waals surface area contributed by atoms with Crippen molar-refractivity contribution in [2.45, 2.75) is 38.3 Å². The summed E-state index contributed by atoms with van der Waals surface area (Å²) in [5, 5.41) is 12.3. The Labute approximate surface area is 127 Å². The molecule has 2 rings (SSSR count). The highest BCUT2D eigenvalue weighted by Gasteiger charge is 2.35. The van der Waals surface area contributed by atoms with Gasteiger partial charge in [-0.05, 0) is 35.8 Å². The van der Waals surface area contributed by atoms with Crippen molar-refractivity contribution in [2.75, 3.05) is 13.2 Å². The molecule has 1 fully saturated rings. The van der Waals surface area contributed by atoms with Crippen molar-refractivity contribution in [3.8, 4) is 6.07 Å². The van der Waals surface area contributed by atoms with Crippen LogP contribution in [0.25, 0.3) is 0 Å². The number of hydrogen-bond donors (Lipinski definition) is 1. The molecule has 0 saturated carbocycles. The second kappa shape index (κ2) is 5.98. The third-order valence-electron chi connectivity index (χ3n) is 3.52. The molecule has 0 aromatic carbocycles. The molecule has 0 unspecified atom stereocenters. The zero-order valence-electron chi connectivity index (χ0n) is 11.6. The van der Waals surface area contributed by atoms with Gasteiger partial charge in [0.1, 0.15) is 11.2 Å². The molecule has 2 heterocycles. The fourth-order valence-corrected chi connectivity index (χ4v) is 2.76. The number of rotatable bonds is 3. The van der Waals surface area contributed by atoms with Crippen LogP contribution in [0.15, 0.2) is 16.7 Å². The van der Waals surface area contributed by atoms with Gasteiger partial charge in [-0.15, -0.1) is 0 Å². The van der Waals surface area contributed by atoms with E-state index in [0.717, 1.165) is 4.47 Å². The monoisotopic (exact) mass is 339 g/mol. The lowest BCUT2D eigenvalue weighted by molar-refractivity contribution is 0.0527. The number of nitriles is 1. The van der Waals surface area contributed by atoms with Crippen molar-refractivity contribution in [3.63, 3.8) is 0 Å². The lowest BCUT2D eigenvalue weighted by Gasteiger charge is -2.31. The van der Waals surface area contributed by atoms with E-state index in [1.54, 1.807) is 6.07 Å². The number of ether oxygens (including phenoxy) is 1. The summed E-state index contributed by atoms with van der Waals surface area (Å²) in [5.74, 6) is -0.215. The van der Waals surface area contributed by atoms with Gasteiger partial charge in [-0.1, -0.05) is 0 Å². The number of aromatic nitrogens is 1. The largest absolute Gasteiger partial charge is 0.381 e. The molecule has 1 aliphatic rings. The van der Waals surface area contributed by atoms with Crippen molar-refractivity contribution < 1.29 is 9.53 Å². The van der Waals surface area contributed by atoms with Crippen LogP contribution in [0.3, 0.4) is 0 Å². The van der Waals surface area contributed by atoms with Crippen molar-refractivity contribution in [3.05, 3.63) is 22.4 Å². The van der Waals surface area contributed by atoms with Gasteiger partial charge in [0.2, 0.25) is 0 Å². The van der Waals surface area contributed by atoms with E-state index in [9.17, 15) is 10.1 Å². The maximum Gasteiger partial charge on any atom is 0.269 e. The summed E-state index contributed by atoms with van der Waals surface area (Å²) in [4.78, 5) is 12.5. The van der Waals surface area contributed by atoms with Gasteiger partial charge in [-0.2, -0.15) is 5.26 Å². The zero-order chi connectivity index (χ0) is 14.8. The van der Waals surface area contributed by atoms with Crippen LogP contribution in [-0.4, -0.2) is 29.2 Å². The summed E-state index contributed by atoms with van der Waals surface area (Å²) in [5.41, 5.74) is -0.249. The third kappa shape index (κ3) is 3.05. The van der Waals surface area contributed by atoms with Gasteiger partial charge in [0.05, 0.1) is 6.07 Å². The highest BCUT2D eigenvalue weighted by Crippen LogP contribution is 2.23. The van der Waals surface area contributed by atoms with Crippen LogP contribution in [0.5, 0.6) is 0 Å². The molecule has 0 radical (unpaired) electrons. The molecule has 0 aliphatic carbocycles. The van der Waals surface area contributed by atoms with Crippen LogP contribution >= 0.6 is 15.9 Å².